The van der Waals surface area contributed by atoms with E-state index in [9.17, 15) is 42.3 Å². The normalized spacial score (nSPS) is 27.0. The quantitative estimate of drug-likeness (QED) is 0.279. The molecule has 4 fully saturated rings. The summed E-state index contributed by atoms with van der Waals surface area (Å²) in [5.41, 5.74) is 0.0630. The topological polar surface area (TPSA) is 175 Å². The average Bonchev–Trinajstić information content (AvgIpc) is 3.66. The second-order valence-electron chi connectivity index (χ2n) is 15.1. The number of likely N-dealkylation sites (N-methyl/N-ethyl adjacent to an activating group) is 1. The number of rotatable bonds is 7. The molecular formula is C39H52F2N6O8. The van der Waals surface area contributed by atoms with Gasteiger partial charge in [0.2, 0.25) is 35.4 Å². The number of halogens is 2. The molecule has 3 heterocycles. The smallest absolute Gasteiger partial charge is 0.328 e. The van der Waals surface area contributed by atoms with Gasteiger partial charge in [-0.05, 0) is 88.5 Å². The van der Waals surface area contributed by atoms with Gasteiger partial charge in [0.05, 0.1) is 0 Å². The van der Waals surface area contributed by atoms with Gasteiger partial charge in [-0.1, -0.05) is 25.3 Å². The number of benzene rings is 1. The molecule has 0 radical (unpaired) electrons. The van der Waals surface area contributed by atoms with Crippen LogP contribution in [0.25, 0.3) is 0 Å². The Hall–Kier alpha value is -4.89. The molecule has 16 heteroatoms. The standard InChI is InChI=1S/C39H52F2N6O8/c1-23-36(51)47-17-9-13-32(47)39(54)55-22-30(37(52)46-16-8-7-12-31(46)38(53)45(3)24(2)34(49)42-23)44-35(50)29(20-26-18-27(40)21-28(41)19-26)43-33(48)15-14-25-10-5-4-6-11-25/h14-15,18-19,21,23-25,29-32H,4-13,16-17,20,22H2,1-3H3,(H,42,49)(H,43,48)(H,44,50)/b15-14+/t23-,24-,29-,30-,31-,32-/m0/s1. The Kier molecular flexibility index (Phi) is 14.0. The SMILES string of the molecule is C[C@@H]1NC(=O)[C@H](C)N(C)C(=O)[C@@H]2CCCCN2C(=O)[C@@H](NC(=O)[C@H](Cc2cc(F)cc(F)c2)NC(=O)/C=C/C2CCCCC2)COC(=O)[C@@H]2CCCN2C1=O. The lowest BCUT2D eigenvalue weighted by atomic mass is 9.89. The highest BCUT2D eigenvalue weighted by molar-refractivity contribution is 5.98. The summed E-state index contributed by atoms with van der Waals surface area (Å²) in [7, 11) is 1.43. The van der Waals surface area contributed by atoms with E-state index in [-0.39, 0.29) is 43.8 Å². The number of hydrogen-bond acceptors (Lipinski definition) is 8. The minimum absolute atomic E-state index is 0.0630. The van der Waals surface area contributed by atoms with Crippen LogP contribution in [0.15, 0.2) is 30.4 Å². The number of amides is 6. The molecule has 55 heavy (non-hydrogen) atoms. The van der Waals surface area contributed by atoms with Gasteiger partial charge in [-0.2, -0.15) is 0 Å². The number of ether oxygens (including phenoxy) is 1. The molecule has 3 aliphatic heterocycles. The maximum Gasteiger partial charge on any atom is 0.328 e. The number of nitrogens with one attached hydrogen (secondary N) is 3. The molecule has 14 nitrogen and oxygen atoms in total. The third kappa shape index (κ3) is 10.5. The lowest BCUT2D eigenvalue weighted by molar-refractivity contribution is -0.159. The van der Waals surface area contributed by atoms with Gasteiger partial charge in [0.15, 0.2) is 0 Å². The summed E-state index contributed by atoms with van der Waals surface area (Å²) in [5.74, 6) is -6.33. The minimum Gasteiger partial charge on any atom is -0.461 e. The summed E-state index contributed by atoms with van der Waals surface area (Å²) < 4.78 is 34.1. The summed E-state index contributed by atoms with van der Waals surface area (Å²) in [6.07, 6.45) is 9.93. The van der Waals surface area contributed by atoms with Crippen molar-refractivity contribution < 1.29 is 47.1 Å². The van der Waals surface area contributed by atoms with E-state index in [1.165, 1.54) is 41.7 Å². The Balaban J connectivity index is 1.45. The van der Waals surface area contributed by atoms with Crippen molar-refractivity contribution in [2.45, 2.75) is 121 Å². The molecule has 4 aliphatic rings. The number of fused-ring (bicyclic) bond motifs is 2. The number of carbonyl (C=O) groups excluding carboxylic acids is 7. The average molecular weight is 771 g/mol. The molecule has 5 rings (SSSR count). The first-order chi connectivity index (χ1) is 26.2. The number of esters is 1. The van der Waals surface area contributed by atoms with Gasteiger partial charge in [0.1, 0.15) is 54.5 Å². The molecule has 1 aromatic rings. The fourth-order valence-electron chi connectivity index (χ4n) is 7.83. The summed E-state index contributed by atoms with van der Waals surface area (Å²) >= 11 is 0. The fraction of sp³-hybridized carbons (Fsp3) is 0.615. The van der Waals surface area contributed by atoms with Crippen molar-refractivity contribution in [1.29, 1.82) is 0 Å². The van der Waals surface area contributed by atoms with E-state index in [2.05, 4.69) is 16.0 Å². The van der Waals surface area contributed by atoms with Gasteiger partial charge in [-0.15, -0.1) is 0 Å². The molecule has 1 aliphatic carbocycles. The second-order valence-corrected chi connectivity index (χ2v) is 15.1. The molecule has 6 atom stereocenters. The van der Waals surface area contributed by atoms with Crippen LogP contribution in [-0.2, 0) is 44.7 Å². The van der Waals surface area contributed by atoms with Crippen molar-refractivity contribution in [2.24, 2.45) is 5.92 Å². The van der Waals surface area contributed by atoms with Crippen molar-refractivity contribution >= 4 is 41.4 Å². The Morgan fingerprint density at radius 2 is 1.49 bits per heavy atom. The zero-order chi connectivity index (χ0) is 39.8. The van der Waals surface area contributed by atoms with E-state index in [1.807, 2.05) is 0 Å². The summed E-state index contributed by atoms with van der Waals surface area (Å²) in [5, 5.41) is 7.85. The van der Waals surface area contributed by atoms with E-state index in [0.717, 1.165) is 44.2 Å². The van der Waals surface area contributed by atoms with Gasteiger partial charge in [-0.3, -0.25) is 28.8 Å². The number of piperidine rings is 1. The van der Waals surface area contributed by atoms with E-state index >= 15 is 0 Å². The number of allylic oxidation sites excluding steroid dienone is 1. The van der Waals surface area contributed by atoms with Crippen molar-refractivity contribution in [3.05, 3.63) is 47.5 Å². The first-order valence-corrected chi connectivity index (χ1v) is 19.3. The van der Waals surface area contributed by atoms with Crippen LogP contribution < -0.4 is 16.0 Å². The van der Waals surface area contributed by atoms with Crippen LogP contribution in [0.1, 0.15) is 83.6 Å². The predicted molar refractivity (Wildman–Crippen MR) is 195 cm³/mol. The fourth-order valence-corrected chi connectivity index (χ4v) is 7.83. The van der Waals surface area contributed by atoms with Gasteiger partial charge in [0.25, 0.3) is 0 Å². The van der Waals surface area contributed by atoms with Crippen LogP contribution in [0.2, 0.25) is 0 Å². The largest absolute Gasteiger partial charge is 0.461 e. The lowest BCUT2D eigenvalue weighted by Crippen LogP contribution is -2.62. The van der Waals surface area contributed by atoms with Gasteiger partial charge in [-0.25, -0.2) is 13.6 Å². The van der Waals surface area contributed by atoms with Crippen LogP contribution in [0, 0.1) is 17.6 Å². The zero-order valence-electron chi connectivity index (χ0n) is 31.7. The Morgan fingerprint density at radius 3 is 2.20 bits per heavy atom. The van der Waals surface area contributed by atoms with Gasteiger partial charge >= 0.3 is 5.97 Å². The monoisotopic (exact) mass is 770 g/mol. The van der Waals surface area contributed by atoms with Crippen LogP contribution in [-0.4, -0.2) is 119 Å². The highest BCUT2D eigenvalue weighted by atomic mass is 19.1. The zero-order valence-corrected chi connectivity index (χ0v) is 31.7. The molecule has 1 aromatic carbocycles. The molecular weight excluding hydrogens is 718 g/mol. The predicted octanol–water partition coefficient (Wildman–Crippen LogP) is 1.89. The molecule has 3 N–H and O–H groups in total. The molecule has 300 valence electrons. The van der Waals surface area contributed by atoms with Crippen molar-refractivity contribution in [2.75, 3.05) is 26.7 Å². The first-order valence-electron chi connectivity index (χ1n) is 19.3. The summed E-state index contributed by atoms with van der Waals surface area (Å²) in [4.78, 5) is 99.6. The first kappa shape index (κ1) is 41.3. The molecule has 3 saturated heterocycles. The third-order valence-corrected chi connectivity index (χ3v) is 11.1. The maximum absolute atomic E-state index is 14.4. The summed E-state index contributed by atoms with van der Waals surface area (Å²) in [6, 6.07) is -4.32. The number of carbonyl (C=O) groups is 7. The molecule has 1 saturated carbocycles. The number of cyclic esters (lactones) is 1. The van der Waals surface area contributed by atoms with Crippen LogP contribution in [0.4, 0.5) is 8.78 Å². The molecule has 0 bridgehead atoms. The van der Waals surface area contributed by atoms with E-state index in [0.29, 0.717) is 25.3 Å². The summed E-state index contributed by atoms with van der Waals surface area (Å²) in [6.45, 7) is 2.67. The van der Waals surface area contributed by atoms with E-state index in [1.54, 1.807) is 6.08 Å². The molecule has 0 aromatic heterocycles. The Bertz CT molecular complexity index is 1650. The molecule has 6 amide bonds. The maximum atomic E-state index is 14.4. The lowest BCUT2D eigenvalue weighted by Gasteiger charge is -2.40. The Labute approximate surface area is 319 Å². The van der Waals surface area contributed by atoms with Crippen LogP contribution >= 0.6 is 0 Å². The second kappa shape index (κ2) is 18.6. The van der Waals surface area contributed by atoms with Crippen LogP contribution in [0.3, 0.4) is 0 Å². The highest BCUT2D eigenvalue weighted by Crippen LogP contribution is 2.25. The van der Waals surface area contributed by atoms with Crippen LogP contribution in [0.5, 0.6) is 0 Å². The number of nitrogens with zero attached hydrogens (tertiary/aromatic N) is 3. The Morgan fingerprint density at radius 1 is 0.855 bits per heavy atom. The highest BCUT2D eigenvalue weighted by Gasteiger charge is 2.42. The minimum atomic E-state index is -1.56. The molecule has 0 unspecified atom stereocenters. The van der Waals surface area contributed by atoms with E-state index in [4.69, 9.17) is 4.74 Å². The van der Waals surface area contributed by atoms with Gasteiger partial charge in [0, 0.05) is 32.6 Å². The van der Waals surface area contributed by atoms with Crippen molar-refractivity contribution in [3.8, 4) is 0 Å². The van der Waals surface area contributed by atoms with E-state index < -0.39 is 95.9 Å². The molecule has 0 spiro atoms. The van der Waals surface area contributed by atoms with Gasteiger partial charge < -0.3 is 35.4 Å². The number of hydrogen-bond donors (Lipinski definition) is 3. The third-order valence-electron chi connectivity index (χ3n) is 11.1. The van der Waals surface area contributed by atoms with Crippen molar-refractivity contribution in [1.82, 2.24) is 30.7 Å². The van der Waals surface area contributed by atoms with Crippen molar-refractivity contribution in [3.63, 3.8) is 0 Å².